The van der Waals surface area contributed by atoms with Crippen LogP contribution in [0, 0.1) is 10.1 Å². The van der Waals surface area contributed by atoms with Gasteiger partial charge in [-0.1, -0.05) is 42.1 Å². The first-order chi connectivity index (χ1) is 15.0. The van der Waals surface area contributed by atoms with E-state index in [0.29, 0.717) is 11.4 Å². The third kappa shape index (κ3) is 5.04. The Balaban J connectivity index is 1.46. The smallest absolute Gasteiger partial charge is 0.404 e. The van der Waals surface area contributed by atoms with Crippen molar-refractivity contribution in [1.29, 1.82) is 0 Å². The van der Waals surface area contributed by atoms with Crippen LogP contribution in [0.3, 0.4) is 0 Å². The van der Waals surface area contributed by atoms with Crippen molar-refractivity contribution in [1.82, 2.24) is 9.78 Å². The highest BCUT2D eigenvalue weighted by molar-refractivity contribution is 9.10. The minimum Gasteiger partial charge on any atom is -0.454 e. The highest BCUT2D eigenvalue weighted by atomic mass is 79.9. The largest absolute Gasteiger partial charge is 0.454 e. The van der Waals surface area contributed by atoms with Crippen molar-refractivity contribution in [3.05, 3.63) is 99.0 Å². The van der Waals surface area contributed by atoms with Gasteiger partial charge >= 0.3 is 5.82 Å². The molecule has 2 aromatic heterocycles. The molecule has 31 heavy (non-hydrogen) atoms. The van der Waals surface area contributed by atoms with Gasteiger partial charge in [0.1, 0.15) is 16.8 Å². The predicted molar refractivity (Wildman–Crippen MR) is 119 cm³/mol. The average molecular weight is 499 g/mol. The van der Waals surface area contributed by atoms with Gasteiger partial charge in [-0.25, -0.2) is 0 Å². The molecule has 0 spiro atoms. The fourth-order valence-corrected chi connectivity index (χ4v) is 4.18. The Morgan fingerprint density at radius 3 is 2.61 bits per heavy atom. The Morgan fingerprint density at radius 1 is 1.13 bits per heavy atom. The van der Waals surface area contributed by atoms with E-state index in [-0.39, 0.29) is 28.5 Å². The van der Waals surface area contributed by atoms with Crippen LogP contribution < -0.4 is 5.32 Å². The van der Waals surface area contributed by atoms with Gasteiger partial charge in [0.25, 0.3) is 5.91 Å². The molecule has 0 aliphatic carbocycles. The Morgan fingerprint density at radius 2 is 1.87 bits per heavy atom. The molecule has 8 nitrogen and oxygen atoms in total. The zero-order valence-corrected chi connectivity index (χ0v) is 18.3. The third-order valence-corrected chi connectivity index (χ3v) is 5.82. The summed E-state index contributed by atoms with van der Waals surface area (Å²) < 4.78 is 7.27. The standard InChI is InChI=1S/C21H15BrN4O4S/c22-16-13-25(24-20(16)26(28)29)12-14-10-11-18(30-14)21(27)23-17-8-4-5-9-19(17)31-15-6-2-1-3-7-15/h1-11,13H,12H2,(H,23,27). The van der Waals surface area contributed by atoms with E-state index in [2.05, 4.69) is 26.3 Å². The number of benzene rings is 2. The summed E-state index contributed by atoms with van der Waals surface area (Å²) in [5, 5.41) is 17.7. The second-order valence-electron chi connectivity index (χ2n) is 6.39. The minimum atomic E-state index is -0.577. The summed E-state index contributed by atoms with van der Waals surface area (Å²) in [4.78, 5) is 25.0. The molecular weight excluding hydrogens is 484 g/mol. The molecule has 0 bridgehead atoms. The molecule has 0 saturated carbocycles. The maximum Gasteiger partial charge on any atom is 0.404 e. The molecule has 0 radical (unpaired) electrons. The molecule has 0 fully saturated rings. The molecule has 10 heteroatoms. The number of halogens is 1. The van der Waals surface area contributed by atoms with Crippen molar-refractivity contribution in [2.75, 3.05) is 5.32 Å². The van der Waals surface area contributed by atoms with Gasteiger partial charge in [0, 0.05) is 9.79 Å². The summed E-state index contributed by atoms with van der Waals surface area (Å²) in [6, 6.07) is 20.6. The van der Waals surface area contributed by atoms with Gasteiger partial charge < -0.3 is 19.8 Å². The molecule has 1 amide bonds. The first-order valence-corrected chi connectivity index (χ1v) is 10.7. The lowest BCUT2D eigenvalue weighted by Gasteiger charge is -2.09. The van der Waals surface area contributed by atoms with Crippen molar-refractivity contribution >= 4 is 45.1 Å². The molecule has 0 unspecified atom stereocenters. The Bertz CT molecular complexity index is 1240. The van der Waals surface area contributed by atoms with Crippen molar-refractivity contribution in [3.63, 3.8) is 0 Å². The SMILES string of the molecule is O=C(Nc1ccccc1Sc1ccccc1)c1ccc(Cn2cc(Br)c([N+](=O)[O-])n2)o1. The fourth-order valence-electron chi connectivity index (χ4n) is 2.79. The predicted octanol–water partition coefficient (Wildman–Crippen LogP) is 5.60. The van der Waals surface area contributed by atoms with Crippen molar-refractivity contribution in [3.8, 4) is 0 Å². The van der Waals surface area contributed by atoms with Crippen LogP contribution in [-0.2, 0) is 6.54 Å². The van der Waals surface area contributed by atoms with E-state index < -0.39 is 4.92 Å². The second kappa shape index (κ2) is 9.19. The molecule has 0 aliphatic heterocycles. The number of anilines is 1. The number of amides is 1. The molecule has 4 aromatic rings. The lowest BCUT2D eigenvalue weighted by atomic mass is 10.3. The van der Waals surface area contributed by atoms with Crippen LogP contribution in [0.4, 0.5) is 11.5 Å². The van der Waals surface area contributed by atoms with Gasteiger partial charge in [-0.15, -0.1) is 0 Å². The van der Waals surface area contributed by atoms with E-state index in [1.807, 2.05) is 54.6 Å². The van der Waals surface area contributed by atoms with Crippen LogP contribution in [0.1, 0.15) is 16.3 Å². The number of hydrogen-bond acceptors (Lipinski definition) is 6. The Hall–Kier alpha value is -3.37. The zero-order chi connectivity index (χ0) is 21.8. The van der Waals surface area contributed by atoms with Crippen molar-refractivity contribution in [2.45, 2.75) is 16.3 Å². The van der Waals surface area contributed by atoms with E-state index >= 15 is 0 Å². The summed E-state index contributed by atoms with van der Waals surface area (Å²) >= 11 is 4.65. The highest BCUT2D eigenvalue weighted by Crippen LogP contribution is 2.33. The van der Waals surface area contributed by atoms with Crippen LogP contribution in [0.15, 0.2) is 91.6 Å². The first kappa shape index (κ1) is 20.9. The van der Waals surface area contributed by atoms with Crippen LogP contribution in [-0.4, -0.2) is 20.6 Å². The number of furan rings is 1. The number of aromatic nitrogens is 2. The minimum absolute atomic E-state index is 0.134. The summed E-state index contributed by atoms with van der Waals surface area (Å²) in [5.74, 6) is -0.0886. The number of nitrogens with one attached hydrogen (secondary N) is 1. The highest BCUT2D eigenvalue weighted by Gasteiger charge is 2.20. The lowest BCUT2D eigenvalue weighted by molar-refractivity contribution is -0.390. The van der Waals surface area contributed by atoms with Gasteiger partial charge in [0.15, 0.2) is 5.76 Å². The molecule has 0 aliphatic rings. The van der Waals surface area contributed by atoms with Crippen LogP contribution in [0.2, 0.25) is 0 Å². The normalized spacial score (nSPS) is 10.7. The number of rotatable bonds is 7. The van der Waals surface area contributed by atoms with E-state index in [1.165, 1.54) is 10.9 Å². The Kier molecular flexibility index (Phi) is 6.19. The van der Waals surface area contributed by atoms with Crippen LogP contribution in [0.5, 0.6) is 0 Å². The molecule has 4 rings (SSSR count). The molecule has 156 valence electrons. The van der Waals surface area contributed by atoms with Gasteiger partial charge in [-0.05, 0) is 57.3 Å². The number of carbonyl (C=O) groups excluding carboxylic acids is 1. The van der Waals surface area contributed by atoms with E-state index in [1.54, 1.807) is 23.9 Å². The molecule has 2 aromatic carbocycles. The summed E-state index contributed by atoms with van der Waals surface area (Å²) in [7, 11) is 0. The molecule has 1 N–H and O–H groups in total. The van der Waals surface area contributed by atoms with Crippen molar-refractivity contribution < 1.29 is 14.1 Å². The molecule has 2 heterocycles. The lowest BCUT2D eigenvalue weighted by Crippen LogP contribution is -2.11. The van der Waals surface area contributed by atoms with Gasteiger partial charge in [-0.2, -0.15) is 4.68 Å². The first-order valence-electron chi connectivity index (χ1n) is 9.09. The van der Waals surface area contributed by atoms with Gasteiger partial charge in [0.2, 0.25) is 0 Å². The number of hydrogen-bond donors (Lipinski definition) is 1. The summed E-state index contributed by atoms with van der Waals surface area (Å²) in [6.07, 6.45) is 1.48. The topological polar surface area (TPSA) is 103 Å². The average Bonchev–Trinajstić information content (AvgIpc) is 3.37. The zero-order valence-electron chi connectivity index (χ0n) is 15.9. The van der Waals surface area contributed by atoms with Crippen LogP contribution >= 0.6 is 27.7 Å². The molecule has 0 saturated heterocycles. The number of nitrogens with zero attached hydrogens (tertiary/aromatic N) is 3. The quantitative estimate of drug-likeness (QED) is 0.262. The van der Waals surface area contributed by atoms with E-state index in [9.17, 15) is 14.9 Å². The Labute approximate surface area is 189 Å². The molecular formula is C21H15BrN4O4S. The van der Waals surface area contributed by atoms with Gasteiger partial charge in [-0.3, -0.25) is 4.79 Å². The van der Waals surface area contributed by atoms with E-state index in [0.717, 1.165) is 9.79 Å². The number of nitro groups is 1. The maximum absolute atomic E-state index is 12.7. The number of carbonyl (C=O) groups is 1. The van der Waals surface area contributed by atoms with E-state index in [4.69, 9.17) is 4.42 Å². The van der Waals surface area contributed by atoms with Gasteiger partial charge in [0.05, 0.1) is 17.0 Å². The summed E-state index contributed by atoms with van der Waals surface area (Å²) in [6.45, 7) is 0.153. The maximum atomic E-state index is 12.7. The fraction of sp³-hybridized carbons (Fsp3) is 0.0476. The monoisotopic (exact) mass is 498 g/mol. The third-order valence-electron chi connectivity index (χ3n) is 4.18. The second-order valence-corrected chi connectivity index (χ2v) is 8.36. The van der Waals surface area contributed by atoms with Crippen molar-refractivity contribution in [2.24, 2.45) is 0 Å². The number of para-hydroxylation sites is 1. The summed E-state index contributed by atoms with van der Waals surface area (Å²) in [5.41, 5.74) is 0.672. The molecule has 0 atom stereocenters. The van der Waals surface area contributed by atoms with Crippen LogP contribution in [0.25, 0.3) is 0 Å².